The first kappa shape index (κ1) is 13.0. The number of rotatable bonds is 5. The smallest absolute Gasteiger partial charge is 0.124 e. The molecule has 1 aromatic rings. The molecule has 1 aliphatic carbocycles. The zero-order valence-electron chi connectivity index (χ0n) is 12.3. The van der Waals surface area contributed by atoms with E-state index in [9.17, 15) is 0 Å². The molecule has 1 saturated heterocycles. The highest BCUT2D eigenvalue weighted by Crippen LogP contribution is 2.34. The molecule has 1 aromatic heterocycles. The fourth-order valence-corrected chi connectivity index (χ4v) is 3.23. The van der Waals surface area contributed by atoms with E-state index in [1.807, 2.05) is 6.20 Å². The van der Waals surface area contributed by atoms with Crippen molar-refractivity contribution in [3.05, 3.63) is 12.3 Å². The lowest BCUT2D eigenvalue weighted by Crippen LogP contribution is -2.31. The van der Waals surface area contributed by atoms with Crippen molar-refractivity contribution in [3.63, 3.8) is 0 Å². The Bertz CT molecular complexity index is 422. The van der Waals surface area contributed by atoms with Gasteiger partial charge in [0.2, 0.25) is 0 Å². The number of nitrogens with one attached hydrogen (secondary N) is 1. The van der Waals surface area contributed by atoms with Crippen molar-refractivity contribution in [2.75, 3.05) is 11.9 Å². The van der Waals surface area contributed by atoms with Gasteiger partial charge < -0.3 is 5.32 Å². The molecule has 0 radical (unpaired) electrons. The molecule has 1 saturated carbocycles. The monoisotopic (exact) mass is 262 g/mol. The van der Waals surface area contributed by atoms with Crippen molar-refractivity contribution in [2.24, 2.45) is 5.92 Å². The van der Waals surface area contributed by atoms with Crippen LogP contribution < -0.4 is 5.32 Å². The van der Waals surface area contributed by atoms with E-state index >= 15 is 0 Å². The van der Waals surface area contributed by atoms with E-state index in [0.717, 1.165) is 18.6 Å². The second-order valence-corrected chi connectivity index (χ2v) is 6.65. The van der Waals surface area contributed by atoms with E-state index in [4.69, 9.17) is 0 Å². The van der Waals surface area contributed by atoms with E-state index < -0.39 is 0 Å². The molecule has 106 valence electrons. The summed E-state index contributed by atoms with van der Waals surface area (Å²) in [4.78, 5) is 2.68. The first-order valence-corrected chi connectivity index (χ1v) is 7.67. The molecule has 2 aliphatic rings. The van der Waals surface area contributed by atoms with Crippen LogP contribution in [0.2, 0.25) is 0 Å². The summed E-state index contributed by atoms with van der Waals surface area (Å²) >= 11 is 0. The van der Waals surface area contributed by atoms with E-state index in [2.05, 4.69) is 46.8 Å². The van der Waals surface area contributed by atoms with Gasteiger partial charge in [-0.1, -0.05) is 13.8 Å². The van der Waals surface area contributed by atoms with Gasteiger partial charge in [-0.05, 0) is 32.1 Å². The zero-order valence-corrected chi connectivity index (χ0v) is 12.3. The van der Waals surface area contributed by atoms with E-state index in [0.29, 0.717) is 12.0 Å². The van der Waals surface area contributed by atoms with Crippen LogP contribution in [0.1, 0.15) is 40.0 Å². The molecule has 2 fully saturated rings. The molecule has 0 unspecified atom stereocenters. The summed E-state index contributed by atoms with van der Waals surface area (Å²) < 4.78 is 2.11. The predicted molar refractivity (Wildman–Crippen MR) is 78.3 cm³/mol. The molecular formula is C15H26N4. The fourth-order valence-electron chi connectivity index (χ4n) is 3.23. The third kappa shape index (κ3) is 2.94. The normalized spacial score (nSPS) is 28.2. The van der Waals surface area contributed by atoms with Crippen LogP contribution in [-0.2, 0) is 6.54 Å². The average molecular weight is 262 g/mol. The number of nitrogens with zero attached hydrogens (tertiary/aromatic N) is 3. The molecule has 1 aliphatic heterocycles. The number of hydrogen-bond donors (Lipinski definition) is 1. The maximum atomic E-state index is 4.42. The van der Waals surface area contributed by atoms with E-state index in [-0.39, 0.29) is 0 Å². The van der Waals surface area contributed by atoms with Crippen LogP contribution >= 0.6 is 0 Å². The minimum absolute atomic E-state index is 0.582. The molecule has 0 amide bonds. The minimum Gasteiger partial charge on any atom is -0.366 e. The third-order valence-corrected chi connectivity index (χ3v) is 4.25. The van der Waals surface area contributed by atoms with Gasteiger partial charge in [-0.3, -0.25) is 4.90 Å². The van der Waals surface area contributed by atoms with Crippen molar-refractivity contribution in [1.29, 1.82) is 0 Å². The van der Waals surface area contributed by atoms with Crippen molar-refractivity contribution in [3.8, 4) is 0 Å². The molecule has 3 rings (SSSR count). The Hall–Kier alpha value is -1.03. The predicted octanol–water partition coefficient (Wildman–Crippen LogP) is 2.58. The highest BCUT2D eigenvalue weighted by atomic mass is 15.3. The summed E-state index contributed by atoms with van der Waals surface area (Å²) in [5.41, 5.74) is 0. The summed E-state index contributed by atoms with van der Waals surface area (Å²) in [6.07, 6.45) is 5.97. The summed E-state index contributed by atoms with van der Waals surface area (Å²) in [5, 5.41) is 8.12. The molecule has 1 N–H and O–H groups in total. The van der Waals surface area contributed by atoms with Crippen LogP contribution in [0.15, 0.2) is 12.3 Å². The lowest BCUT2D eigenvalue weighted by atomic mass is 10.2. The summed E-state index contributed by atoms with van der Waals surface area (Å²) in [7, 11) is 0. The van der Waals surface area contributed by atoms with E-state index in [1.165, 1.54) is 31.6 Å². The van der Waals surface area contributed by atoms with Gasteiger partial charge in [-0.15, -0.1) is 0 Å². The summed E-state index contributed by atoms with van der Waals surface area (Å²) in [6.45, 7) is 9.02. The van der Waals surface area contributed by atoms with Gasteiger partial charge in [-0.25, -0.2) is 4.68 Å². The highest BCUT2D eigenvalue weighted by Gasteiger charge is 2.38. The number of anilines is 1. The lowest BCUT2D eigenvalue weighted by molar-refractivity contribution is 0.257. The van der Waals surface area contributed by atoms with Gasteiger partial charge in [0.15, 0.2) is 0 Å². The largest absolute Gasteiger partial charge is 0.366 e. The van der Waals surface area contributed by atoms with Gasteiger partial charge in [0.05, 0.1) is 6.20 Å². The topological polar surface area (TPSA) is 33.1 Å². The molecule has 4 heteroatoms. The van der Waals surface area contributed by atoms with Crippen molar-refractivity contribution >= 4 is 5.82 Å². The number of likely N-dealkylation sites (tertiary alicyclic amines) is 1. The van der Waals surface area contributed by atoms with Crippen LogP contribution in [0.4, 0.5) is 5.82 Å². The van der Waals surface area contributed by atoms with Gasteiger partial charge in [0, 0.05) is 37.3 Å². The van der Waals surface area contributed by atoms with Crippen LogP contribution in [-0.4, -0.2) is 39.4 Å². The van der Waals surface area contributed by atoms with Crippen molar-refractivity contribution < 1.29 is 0 Å². The second kappa shape index (κ2) is 5.16. The maximum Gasteiger partial charge on any atom is 0.124 e. The molecule has 0 aromatic carbocycles. The Balaban J connectivity index is 1.61. The zero-order chi connectivity index (χ0) is 13.4. The minimum atomic E-state index is 0.582. The Kier molecular flexibility index (Phi) is 3.52. The maximum absolute atomic E-state index is 4.42. The quantitative estimate of drug-likeness (QED) is 0.885. The van der Waals surface area contributed by atoms with E-state index in [1.54, 1.807) is 0 Å². The molecule has 0 spiro atoms. The molecule has 2 atom stereocenters. The molecule has 2 heterocycles. The van der Waals surface area contributed by atoms with Crippen molar-refractivity contribution in [1.82, 2.24) is 14.7 Å². The Labute approximate surface area is 116 Å². The van der Waals surface area contributed by atoms with Crippen LogP contribution in [0.5, 0.6) is 0 Å². The Morgan fingerprint density at radius 2 is 2.21 bits per heavy atom. The fraction of sp³-hybridized carbons (Fsp3) is 0.800. The number of hydrogen-bond acceptors (Lipinski definition) is 3. The SMILES string of the molecule is CC(C)Cn1nccc1N[C@@H]1C[C@@H](C)N(C2CC2)C1. The van der Waals surface area contributed by atoms with Crippen LogP contribution in [0.3, 0.4) is 0 Å². The highest BCUT2D eigenvalue weighted by molar-refractivity contribution is 5.36. The molecule has 4 nitrogen and oxygen atoms in total. The Morgan fingerprint density at radius 1 is 1.42 bits per heavy atom. The second-order valence-electron chi connectivity index (χ2n) is 6.65. The van der Waals surface area contributed by atoms with Gasteiger partial charge in [-0.2, -0.15) is 5.10 Å². The van der Waals surface area contributed by atoms with Crippen LogP contribution in [0.25, 0.3) is 0 Å². The Morgan fingerprint density at radius 3 is 2.89 bits per heavy atom. The number of aromatic nitrogens is 2. The molecule has 0 bridgehead atoms. The standard InChI is InChI=1S/C15H26N4/c1-11(2)9-19-15(6-7-16-19)17-13-8-12(3)18(10-13)14-4-5-14/h6-7,11-14,17H,4-5,8-10H2,1-3H3/t12-,13-/m1/s1. The first-order chi connectivity index (χ1) is 9.13. The van der Waals surface area contributed by atoms with Gasteiger partial charge >= 0.3 is 0 Å². The third-order valence-electron chi connectivity index (χ3n) is 4.25. The molecule has 19 heavy (non-hydrogen) atoms. The lowest BCUT2D eigenvalue weighted by Gasteiger charge is -2.20. The van der Waals surface area contributed by atoms with Crippen molar-refractivity contribution in [2.45, 2.75) is 64.7 Å². The average Bonchev–Trinajstić information content (AvgIpc) is 3.00. The molecular weight excluding hydrogens is 236 g/mol. The van der Waals surface area contributed by atoms with Gasteiger partial charge in [0.1, 0.15) is 5.82 Å². The van der Waals surface area contributed by atoms with Crippen LogP contribution in [0, 0.1) is 5.92 Å². The first-order valence-electron chi connectivity index (χ1n) is 7.67. The summed E-state index contributed by atoms with van der Waals surface area (Å²) in [6, 6.07) is 4.29. The summed E-state index contributed by atoms with van der Waals surface area (Å²) in [5.74, 6) is 1.81. The van der Waals surface area contributed by atoms with Gasteiger partial charge in [0.25, 0.3) is 0 Å².